The summed E-state index contributed by atoms with van der Waals surface area (Å²) in [5, 5.41) is 27.4. The Bertz CT molecular complexity index is 3400. The molecule has 5 aliphatic rings. The molecule has 5 aliphatic heterocycles. The van der Waals surface area contributed by atoms with E-state index in [1.165, 1.54) is 12.1 Å². The van der Waals surface area contributed by atoms with Gasteiger partial charge in [0.05, 0.1) is 94.3 Å². The number of alkyl halides is 1. The lowest BCUT2D eigenvalue weighted by molar-refractivity contribution is -0.130. The number of fused-ring (bicyclic) bond motifs is 4. The molecule has 8 aromatic rings. The minimum absolute atomic E-state index is 0.0170. The monoisotopic (exact) mass is 957 g/mol. The van der Waals surface area contributed by atoms with E-state index in [2.05, 4.69) is 41.0 Å². The fourth-order valence-electron chi connectivity index (χ4n) is 11.2. The minimum Gasteiger partial charge on any atom is -0.393 e. The molecule has 6 aromatic heterocycles. The Labute approximate surface area is 405 Å². The number of anilines is 5. The van der Waals surface area contributed by atoms with E-state index in [1.54, 1.807) is 18.6 Å². The first-order valence-electron chi connectivity index (χ1n) is 24.1. The van der Waals surface area contributed by atoms with Gasteiger partial charge in [-0.2, -0.15) is 5.10 Å². The molecule has 0 spiro atoms. The number of carbonyl (C=O) groups is 2. The highest BCUT2D eigenvalue weighted by Crippen LogP contribution is 2.40. The molecule has 11 heterocycles. The molecule has 4 unspecified atom stereocenters. The summed E-state index contributed by atoms with van der Waals surface area (Å²) in [7, 11) is 0. The molecule has 3 fully saturated rings. The zero-order valence-corrected chi connectivity index (χ0v) is 38.4. The van der Waals surface area contributed by atoms with Crippen LogP contribution in [0, 0.1) is 5.82 Å². The molecular formula is C52H49F2N13O4. The first-order chi connectivity index (χ1) is 34.7. The minimum atomic E-state index is -1.03. The quantitative estimate of drug-likeness (QED) is 0.0904. The van der Waals surface area contributed by atoms with E-state index in [0.29, 0.717) is 78.9 Å². The highest BCUT2D eigenvalue weighted by atomic mass is 19.1. The van der Waals surface area contributed by atoms with Gasteiger partial charge in [0.1, 0.15) is 29.1 Å². The molecule has 17 nitrogen and oxygen atoms in total. The summed E-state index contributed by atoms with van der Waals surface area (Å²) in [4.78, 5) is 44.6. The first-order valence-corrected chi connectivity index (χ1v) is 24.1. The molecule has 0 bridgehead atoms. The molecule has 2 amide bonds. The van der Waals surface area contributed by atoms with E-state index in [4.69, 9.17) is 14.8 Å². The normalized spacial score (nSPS) is 21.3. The second-order valence-corrected chi connectivity index (χ2v) is 19.1. The van der Waals surface area contributed by atoms with Crippen molar-refractivity contribution >= 4 is 51.7 Å². The average Bonchev–Trinajstić information content (AvgIpc) is 4.24. The van der Waals surface area contributed by atoms with Crippen LogP contribution in [0.3, 0.4) is 0 Å². The van der Waals surface area contributed by atoms with E-state index >= 15 is 4.39 Å². The second kappa shape index (κ2) is 17.3. The molecule has 2 aromatic carbocycles. The first kappa shape index (κ1) is 43.3. The summed E-state index contributed by atoms with van der Waals surface area (Å²) in [6.07, 6.45) is 13.8. The summed E-state index contributed by atoms with van der Waals surface area (Å²) in [5.74, 6) is -0.0824. The number of imidazole rings is 2. The SMILES string of the molecule is O=C1NCc2c(-c3cnc4cc(F)ccn34)ccc(Nc3cnn(C4CCOC(C5C(F)CN5Cc5ccn6c(-c7ccc(Nc8ccc(N9CCC(O)CC9)cn8)c8c7CNC8=O)cnc6c5)C4)c3)c21. The number of halogens is 2. The predicted molar refractivity (Wildman–Crippen MR) is 261 cm³/mol. The number of amides is 2. The van der Waals surface area contributed by atoms with Crippen LogP contribution in [-0.2, 0) is 24.4 Å². The van der Waals surface area contributed by atoms with Crippen LogP contribution in [-0.4, -0.2) is 106 Å². The van der Waals surface area contributed by atoms with Gasteiger partial charge in [0, 0.05) is 81.7 Å². The summed E-state index contributed by atoms with van der Waals surface area (Å²) >= 11 is 0. The molecule has 19 heteroatoms. The molecular weight excluding hydrogens is 909 g/mol. The number of hydrogen-bond donors (Lipinski definition) is 5. The number of ether oxygens (including phenoxy) is 1. The number of benzene rings is 2. The number of aromatic nitrogens is 7. The van der Waals surface area contributed by atoms with Crippen molar-refractivity contribution in [2.45, 2.75) is 75.8 Å². The Morgan fingerprint density at radius 3 is 2.15 bits per heavy atom. The number of nitrogens with one attached hydrogen (secondary N) is 4. The molecule has 13 rings (SSSR count). The van der Waals surface area contributed by atoms with Gasteiger partial charge in [-0.05, 0) is 84.8 Å². The van der Waals surface area contributed by atoms with Gasteiger partial charge >= 0.3 is 0 Å². The number of aliphatic hydroxyl groups excluding tert-OH is 1. The molecule has 0 radical (unpaired) electrons. The van der Waals surface area contributed by atoms with Gasteiger partial charge in [0.15, 0.2) is 0 Å². The van der Waals surface area contributed by atoms with Gasteiger partial charge < -0.3 is 36.0 Å². The van der Waals surface area contributed by atoms with Crippen molar-refractivity contribution in [2.24, 2.45) is 0 Å². The van der Waals surface area contributed by atoms with Crippen molar-refractivity contribution in [3.63, 3.8) is 0 Å². The number of likely N-dealkylation sites (tertiary alicyclic amines) is 1. The van der Waals surface area contributed by atoms with Crippen molar-refractivity contribution in [1.29, 1.82) is 0 Å². The van der Waals surface area contributed by atoms with Crippen LogP contribution in [0.5, 0.6) is 0 Å². The third-order valence-corrected chi connectivity index (χ3v) is 14.9. The van der Waals surface area contributed by atoms with Gasteiger partial charge in [0.2, 0.25) is 0 Å². The van der Waals surface area contributed by atoms with Crippen LogP contribution in [0.15, 0.2) is 104 Å². The van der Waals surface area contributed by atoms with E-state index in [0.717, 1.165) is 82.9 Å². The zero-order chi connectivity index (χ0) is 47.9. The van der Waals surface area contributed by atoms with Gasteiger partial charge in [-0.25, -0.2) is 23.7 Å². The second-order valence-electron chi connectivity index (χ2n) is 19.1. The van der Waals surface area contributed by atoms with Crippen LogP contribution in [0.4, 0.5) is 37.3 Å². The van der Waals surface area contributed by atoms with Gasteiger partial charge in [-0.3, -0.25) is 28.0 Å². The fourth-order valence-corrected chi connectivity index (χ4v) is 11.2. The lowest BCUT2D eigenvalue weighted by Crippen LogP contribution is -2.64. The van der Waals surface area contributed by atoms with Crippen molar-refractivity contribution in [3.05, 3.63) is 138 Å². The summed E-state index contributed by atoms with van der Waals surface area (Å²) in [6.45, 7) is 3.61. The van der Waals surface area contributed by atoms with Gasteiger partial charge in [-0.15, -0.1) is 0 Å². The Balaban J connectivity index is 0.675. The van der Waals surface area contributed by atoms with E-state index in [9.17, 15) is 19.1 Å². The number of hydrogen-bond acceptors (Lipinski definition) is 12. The highest BCUT2D eigenvalue weighted by Gasteiger charge is 2.47. The lowest BCUT2D eigenvalue weighted by atomic mass is 9.88. The molecule has 0 aliphatic carbocycles. The van der Waals surface area contributed by atoms with E-state index in [-0.39, 0.29) is 35.9 Å². The van der Waals surface area contributed by atoms with Crippen molar-refractivity contribution in [1.82, 2.24) is 49.1 Å². The van der Waals surface area contributed by atoms with Crippen LogP contribution in [0.1, 0.15) is 69.1 Å². The number of pyridine rings is 3. The number of aliphatic hydroxyl groups is 1. The van der Waals surface area contributed by atoms with E-state index in [1.807, 2.05) is 86.8 Å². The summed E-state index contributed by atoms with van der Waals surface area (Å²) in [6, 6.07) is 18.1. The standard InChI is InChI=1S/C52H49F2N13O4/c53-30-8-15-66-43(25-57-47(66)18-30)35-2-4-40(48-37(35)22-58-51(48)69)61-31-20-60-67(27-31)32-11-16-71-44(19-32)50-39(54)28-64(50)26-29-7-14-65-42(24-56-46(65)17-29)36-3-5-41(49-38(36)23-59-52(49)70)62-45-6-1-33(21-55-45)63-12-9-34(68)10-13-63/h1-8,14-15,17-18,20-21,24-25,27,32,34,39,44,50,61,68H,9-13,16,19,22-23,26,28H2,(H,55,62)(H,58,69)(H,59,70). The third-order valence-electron chi connectivity index (χ3n) is 14.9. The van der Waals surface area contributed by atoms with Crippen LogP contribution < -0.4 is 26.2 Å². The lowest BCUT2D eigenvalue weighted by Gasteiger charge is -2.49. The number of piperidine rings is 1. The average molecular weight is 958 g/mol. The van der Waals surface area contributed by atoms with Crippen LogP contribution >= 0.6 is 0 Å². The molecule has 4 atom stereocenters. The number of nitrogens with zero attached hydrogens (tertiary/aromatic N) is 9. The van der Waals surface area contributed by atoms with Crippen LogP contribution in [0.25, 0.3) is 33.8 Å². The third kappa shape index (κ3) is 7.71. The van der Waals surface area contributed by atoms with Crippen molar-refractivity contribution in [2.75, 3.05) is 41.8 Å². The Morgan fingerprint density at radius 1 is 0.775 bits per heavy atom. The van der Waals surface area contributed by atoms with Crippen molar-refractivity contribution in [3.8, 4) is 22.5 Å². The zero-order valence-electron chi connectivity index (χ0n) is 38.4. The molecule has 360 valence electrons. The Kier molecular flexibility index (Phi) is 10.5. The molecule has 71 heavy (non-hydrogen) atoms. The Morgan fingerprint density at radius 2 is 1.46 bits per heavy atom. The van der Waals surface area contributed by atoms with Gasteiger partial charge in [-0.1, -0.05) is 12.1 Å². The topological polar surface area (TPSA) is 184 Å². The number of rotatable bonds is 11. The van der Waals surface area contributed by atoms with E-state index < -0.39 is 12.2 Å². The predicted octanol–water partition coefficient (Wildman–Crippen LogP) is 6.92. The fraction of sp³-hybridized carbons (Fsp3) is 0.308. The van der Waals surface area contributed by atoms with Crippen LogP contribution in [0.2, 0.25) is 0 Å². The van der Waals surface area contributed by atoms with Gasteiger partial charge in [0.25, 0.3) is 11.8 Å². The molecule has 5 N–H and O–H groups in total. The number of carbonyl (C=O) groups excluding carboxylic acids is 2. The highest BCUT2D eigenvalue weighted by molar-refractivity contribution is 6.07. The Hall–Kier alpha value is -7.74. The molecule has 0 saturated carbocycles. The smallest absolute Gasteiger partial charge is 0.254 e. The maximum absolute atomic E-state index is 15.6. The summed E-state index contributed by atoms with van der Waals surface area (Å²) < 4.78 is 41.5. The maximum Gasteiger partial charge on any atom is 0.254 e. The van der Waals surface area contributed by atoms with Crippen molar-refractivity contribution < 1.29 is 28.2 Å². The largest absolute Gasteiger partial charge is 0.393 e. The molecule has 3 saturated heterocycles. The maximum atomic E-state index is 15.6. The summed E-state index contributed by atoms with van der Waals surface area (Å²) in [5.41, 5.74) is 11.4.